The molecule has 0 aliphatic carbocycles. The lowest BCUT2D eigenvalue weighted by atomic mass is 9.52. The van der Waals surface area contributed by atoms with E-state index in [2.05, 4.69) is 20.8 Å². The summed E-state index contributed by atoms with van der Waals surface area (Å²) >= 11 is 0. The molecule has 0 heterocycles. The molecule has 0 unspecified atom stereocenters. The van der Waals surface area contributed by atoms with Gasteiger partial charge in [0.25, 0.3) is 0 Å². The second kappa shape index (κ2) is 4.86. The molecule has 1 aromatic carbocycles. The fourth-order valence-corrected chi connectivity index (χ4v) is 1.38. The van der Waals surface area contributed by atoms with Crippen LogP contribution in [0.2, 0.25) is 5.31 Å². The highest BCUT2D eigenvalue weighted by Crippen LogP contribution is 2.21. The van der Waals surface area contributed by atoms with Gasteiger partial charge in [0.05, 0.1) is 0 Å². The van der Waals surface area contributed by atoms with E-state index in [9.17, 15) is 0 Å². The minimum Gasteiger partial charge on any atom is -0.423 e. The van der Waals surface area contributed by atoms with Crippen LogP contribution in [0.1, 0.15) is 26.3 Å². The zero-order chi connectivity index (χ0) is 11.5. The van der Waals surface area contributed by atoms with Gasteiger partial charge in [-0.3, -0.25) is 0 Å². The molecule has 2 nitrogen and oxygen atoms in total. The highest BCUT2D eigenvalue weighted by Gasteiger charge is 2.13. The third kappa shape index (κ3) is 4.54. The van der Waals surface area contributed by atoms with E-state index in [1.165, 1.54) is 5.56 Å². The largest absolute Gasteiger partial charge is 0.488 e. The molecule has 80 valence electrons. The molecule has 0 saturated carbocycles. The van der Waals surface area contributed by atoms with Crippen LogP contribution >= 0.6 is 0 Å². The molecular formula is C11H18B2O2. The van der Waals surface area contributed by atoms with E-state index >= 15 is 0 Å². The van der Waals surface area contributed by atoms with Crippen LogP contribution in [0.4, 0.5) is 0 Å². The Bertz CT molecular complexity index is 301. The Balaban J connectivity index is 2.57. The van der Waals surface area contributed by atoms with Crippen molar-refractivity contribution in [1.29, 1.82) is 0 Å². The van der Waals surface area contributed by atoms with Gasteiger partial charge in [0.2, 0.25) is 0 Å². The number of benzene rings is 1. The SMILES string of the molecule is CC(C)(C)BCc1ccc(B(O)O)cc1. The monoisotopic (exact) mass is 204 g/mol. The first-order valence-corrected chi connectivity index (χ1v) is 5.33. The van der Waals surface area contributed by atoms with Crippen LogP contribution in [0, 0.1) is 0 Å². The summed E-state index contributed by atoms with van der Waals surface area (Å²) in [7, 11) is -0.227. The van der Waals surface area contributed by atoms with Gasteiger partial charge in [-0.15, -0.1) is 0 Å². The van der Waals surface area contributed by atoms with Crippen molar-refractivity contribution in [2.75, 3.05) is 0 Å². The molecule has 0 bridgehead atoms. The standard InChI is InChI=1S/C11H18B2O2/c1-11(2,3)12-8-9-4-6-10(7-5-9)13(14)15/h4-7,12,14-15H,8H2,1-3H3. The molecule has 0 aromatic heterocycles. The van der Waals surface area contributed by atoms with E-state index in [4.69, 9.17) is 10.0 Å². The Kier molecular flexibility index (Phi) is 4.00. The molecule has 1 aromatic rings. The number of hydrogen-bond acceptors (Lipinski definition) is 2. The summed E-state index contributed by atoms with van der Waals surface area (Å²) in [6, 6.07) is 7.45. The first-order chi connectivity index (χ1) is 6.88. The van der Waals surface area contributed by atoms with Crippen LogP contribution in [0.25, 0.3) is 0 Å². The van der Waals surface area contributed by atoms with E-state index in [0.29, 0.717) is 10.8 Å². The molecule has 0 aliphatic heterocycles. The molecule has 0 atom stereocenters. The number of rotatable bonds is 3. The average molecular weight is 204 g/mol. The highest BCUT2D eigenvalue weighted by molar-refractivity contribution is 6.58. The van der Waals surface area contributed by atoms with Gasteiger partial charge in [-0.05, 0) is 5.46 Å². The molecule has 15 heavy (non-hydrogen) atoms. The summed E-state index contributed by atoms with van der Waals surface area (Å²) < 4.78 is 0. The van der Waals surface area contributed by atoms with Crippen LogP contribution in [0.5, 0.6) is 0 Å². The highest BCUT2D eigenvalue weighted by atomic mass is 16.4. The van der Waals surface area contributed by atoms with E-state index < -0.39 is 7.12 Å². The molecule has 2 N–H and O–H groups in total. The summed E-state index contributed by atoms with van der Waals surface area (Å²) in [5, 5.41) is 18.2. The fraction of sp³-hybridized carbons (Fsp3) is 0.455. The Morgan fingerprint density at radius 2 is 1.67 bits per heavy atom. The van der Waals surface area contributed by atoms with Gasteiger partial charge in [0, 0.05) is 0 Å². The molecule has 0 spiro atoms. The van der Waals surface area contributed by atoms with E-state index in [0.717, 1.165) is 13.6 Å². The summed E-state index contributed by atoms with van der Waals surface area (Å²) in [4.78, 5) is 0. The normalized spacial score (nSPS) is 11.3. The maximum atomic E-state index is 8.93. The lowest BCUT2D eigenvalue weighted by molar-refractivity contribution is 0.426. The fourth-order valence-electron chi connectivity index (χ4n) is 1.38. The third-order valence-electron chi connectivity index (χ3n) is 2.44. The molecular weight excluding hydrogens is 186 g/mol. The van der Waals surface area contributed by atoms with Crippen molar-refractivity contribution in [1.82, 2.24) is 0 Å². The molecule has 0 aliphatic rings. The van der Waals surface area contributed by atoms with Crippen molar-refractivity contribution in [3.05, 3.63) is 29.8 Å². The van der Waals surface area contributed by atoms with E-state index in [1.807, 2.05) is 12.1 Å². The van der Waals surface area contributed by atoms with Crippen LogP contribution in [-0.2, 0) is 6.32 Å². The van der Waals surface area contributed by atoms with Crippen molar-refractivity contribution in [2.45, 2.75) is 32.4 Å². The first kappa shape index (κ1) is 12.3. The summed E-state index contributed by atoms with van der Waals surface area (Å²) in [6.45, 7) is 6.66. The van der Waals surface area contributed by atoms with Crippen molar-refractivity contribution < 1.29 is 10.0 Å². The van der Waals surface area contributed by atoms with Crippen LogP contribution in [0.3, 0.4) is 0 Å². The Morgan fingerprint density at radius 3 is 2.07 bits per heavy atom. The van der Waals surface area contributed by atoms with Gasteiger partial charge in [0.1, 0.15) is 7.28 Å². The summed E-state index contributed by atoms with van der Waals surface area (Å²) in [5.74, 6) is 0. The maximum Gasteiger partial charge on any atom is 0.488 e. The summed E-state index contributed by atoms with van der Waals surface area (Å²) in [5.41, 5.74) is 1.80. The van der Waals surface area contributed by atoms with Gasteiger partial charge >= 0.3 is 7.12 Å². The average Bonchev–Trinajstić information content (AvgIpc) is 2.14. The van der Waals surface area contributed by atoms with Gasteiger partial charge in [0.15, 0.2) is 0 Å². The Morgan fingerprint density at radius 1 is 1.13 bits per heavy atom. The van der Waals surface area contributed by atoms with Crippen LogP contribution in [-0.4, -0.2) is 24.4 Å². The van der Waals surface area contributed by atoms with E-state index in [1.54, 1.807) is 12.1 Å². The first-order valence-electron chi connectivity index (χ1n) is 5.33. The molecule has 0 amide bonds. The minimum absolute atomic E-state index is 0.342. The molecule has 0 fully saturated rings. The topological polar surface area (TPSA) is 40.5 Å². The van der Waals surface area contributed by atoms with Gasteiger partial charge in [-0.2, -0.15) is 0 Å². The zero-order valence-corrected chi connectivity index (χ0v) is 9.70. The minimum atomic E-state index is -1.36. The Hall–Kier alpha value is -0.730. The van der Waals surface area contributed by atoms with Crippen molar-refractivity contribution >= 4 is 19.9 Å². The van der Waals surface area contributed by atoms with Crippen LogP contribution < -0.4 is 5.46 Å². The third-order valence-corrected chi connectivity index (χ3v) is 2.44. The predicted molar refractivity (Wildman–Crippen MR) is 66.8 cm³/mol. The van der Waals surface area contributed by atoms with E-state index in [-0.39, 0.29) is 0 Å². The maximum absolute atomic E-state index is 8.93. The van der Waals surface area contributed by atoms with Gasteiger partial charge in [-0.1, -0.05) is 62.2 Å². The molecule has 0 saturated heterocycles. The van der Waals surface area contributed by atoms with Crippen molar-refractivity contribution in [2.24, 2.45) is 0 Å². The van der Waals surface area contributed by atoms with Crippen molar-refractivity contribution in [3.63, 3.8) is 0 Å². The number of hydrogen-bond donors (Lipinski definition) is 2. The smallest absolute Gasteiger partial charge is 0.423 e. The lowest BCUT2D eigenvalue weighted by Crippen LogP contribution is -2.29. The molecule has 4 heteroatoms. The second-order valence-corrected chi connectivity index (χ2v) is 5.18. The quantitative estimate of drug-likeness (QED) is 0.704. The second-order valence-electron chi connectivity index (χ2n) is 5.18. The van der Waals surface area contributed by atoms with Gasteiger partial charge < -0.3 is 10.0 Å². The van der Waals surface area contributed by atoms with Crippen LogP contribution in [0.15, 0.2) is 24.3 Å². The lowest BCUT2D eigenvalue weighted by Gasteiger charge is -2.16. The van der Waals surface area contributed by atoms with Crippen molar-refractivity contribution in [3.8, 4) is 0 Å². The molecule has 0 radical (unpaired) electrons. The zero-order valence-electron chi connectivity index (χ0n) is 9.70. The molecule has 1 rings (SSSR count). The Labute approximate surface area is 92.7 Å². The van der Waals surface area contributed by atoms with Gasteiger partial charge in [-0.25, -0.2) is 0 Å². The summed E-state index contributed by atoms with van der Waals surface area (Å²) in [6.07, 6.45) is 1.03. The predicted octanol–water partition coefficient (Wildman–Crippen LogP) is 0.521.